The van der Waals surface area contributed by atoms with Crippen molar-refractivity contribution in [2.45, 2.75) is 18.7 Å². The van der Waals surface area contributed by atoms with Crippen molar-refractivity contribution < 1.29 is 32.2 Å². The molecule has 1 aromatic heterocycles. The molecule has 1 aromatic carbocycles. The van der Waals surface area contributed by atoms with E-state index in [2.05, 4.69) is 4.98 Å². The van der Waals surface area contributed by atoms with Crippen molar-refractivity contribution in [1.29, 1.82) is 0 Å². The number of aromatic nitrogens is 1. The maximum atomic E-state index is 13.1. The lowest BCUT2D eigenvalue weighted by atomic mass is 10.1. The Morgan fingerprint density at radius 1 is 1.00 bits per heavy atom. The molecule has 11 heteroatoms. The fourth-order valence-electron chi connectivity index (χ4n) is 3.75. The topological polar surface area (TPSA) is 118 Å². The third kappa shape index (κ3) is 5.21. The number of nitrogens with zero attached hydrogens (tertiary/aromatic N) is 2. The Morgan fingerprint density at radius 2 is 1.64 bits per heavy atom. The minimum atomic E-state index is -3.67. The summed E-state index contributed by atoms with van der Waals surface area (Å²) in [4.78, 5) is 30.3. The van der Waals surface area contributed by atoms with E-state index < -0.39 is 16.0 Å². The number of ether oxygens (including phenoxy) is 3. The molecule has 2 aromatic rings. The van der Waals surface area contributed by atoms with Gasteiger partial charge >= 0.3 is 5.97 Å². The van der Waals surface area contributed by atoms with Gasteiger partial charge < -0.3 is 24.1 Å². The smallest absolute Gasteiger partial charge is 0.340 e. The maximum Gasteiger partial charge on any atom is 0.340 e. The first kappa shape index (κ1) is 24.7. The van der Waals surface area contributed by atoms with Crippen LogP contribution < -0.4 is 4.74 Å². The Bertz CT molecular complexity index is 1100. The second kappa shape index (κ2) is 10.4. The minimum absolute atomic E-state index is 0.118. The Morgan fingerprint density at radius 3 is 2.21 bits per heavy atom. The first-order valence-electron chi connectivity index (χ1n) is 10.5. The molecule has 0 saturated carbocycles. The fraction of sp³-hybridized carbons (Fsp3) is 0.455. The van der Waals surface area contributed by atoms with Gasteiger partial charge in [0.05, 0.1) is 24.2 Å². The summed E-state index contributed by atoms with van der Waals surface area (Å²) in [5, 5.41) is 0. The molecule has 1 amide bonds. The van der Waals surface area contributed by atoms with Crippen LogP contribution in [0, 0.1) is 13.8 Å². The maximum absolute atomic E-state index is 13.1. The first-order valence-corrected chi connectivity index (χ1v) is 11.9. The van der Waals surface area contributed by atoms with Crippen molar-refractivity contribution in [2.75, 3.05) is 53.6 Å². The van der Waals surface area contributed by atoms with Crippen molar-refractivity contribution in [2.24, 2.45) is 0 Å². The highest BCUT2D eigenvalue weighted by molar-refractivity contribution is 7.89. The van der Waals surface area contributed by atoms with Gasteiger partial charge in [-0.25, -0.2) is 13.2 Å². The molecule has 0 bridgehead atoms. The van der Waals surface area contributed by atoms with E-state index in [1.807, 2.05) is 0 Å². The van der Waals surface area contributed by atoms with Gasteiger partial charge in [-0.05, 0) is 43.7 Å². The molecule has 1 aliphatic heterocycles. The minimum Gasteiger partial charge on any atom is -0.497 e. The largest absolute Gasteiger partial charge is 0.497 e. The Balaban J connectivity index is 1.68. The highest BCUT2D eigenvalue weighted by atomic mass is 32.2. The highest BCUT2D eigenvalue weighted by Crippen LogP contribution is 2.23. The van der Waals surface area contributed by atoms with E-state index in [-0.39, 0.29) is 50.2 Å². The zero-order valence-corrected chi connectivity index (χ0v) is 20.0. The fourth-order valence-corrected chi connectivity index (χ4v) is 5.17. The molecule has 0 atom stereocenters. The van der Waals surface area contributed by atoms with E-state index in [1.54, 1.807) is 30.9 Å². The molecule has 2 heterocycles. The number of rotatable bonds is 8. The standard InChI is InChI=1S/C22H29N3O7S/c1-15-19(22(27)32-14-13-30-3)16(2)23-20(15)21(26)24-9-11-25(12-10-24)33(28,29)18-7-5-17(31-4)6-8-18/h5-8,23H,9-14H2,1-4H3. The van der Waals surface area contributed by atoms with E-state index in [1.165, 1.54) is 30.7 Å². The van der Waals surface area contributed by atoms with Gasteiger partial charge in [-0.3, -0.25) is 4.79 Å². The van der Waals surface area contributed by atoms with Gasteiger partial charge in [0.25, 0.3) is 5.91 Å². The van der Waals surface area contributed by atoms with Crippen LogP contribution in [-0.4, -0.2) is 88.1 Å². The summed E-state index contributed by atoms with van der Waals surface area (Å²) in [5.41, 5.74) is 1.68. The van der Waals surface area contributed by atoms with Crippen LogP contribution in [0.4, 0.5) is 0 Å². The number of aromatic amines is 1. The number of carbonyl (C=O) groups is 2. The number of carbonyl (C=O) groups excluding carboxylic acids is 2. The number of amides is 1. The number of hydrogen-bond donors (Lipinski definition) is 1. The zero-order valence-electron chi connectivity index (χ0n) is 19.2. The lowest BCUT2D eigenvalue weighted by Crippen LogP contribution is -2.50. The molecule has 180 valence electrons. The van der Waals surface area contributed by atoms with Crippen LogP contribution >= 0.6 is 0 Å². The van der Waals surface area contributed by atoms with Crippen molar-refractivity contribution in [1.82, 2.24) is 14.2 Å². The number of hydrogen-bond acceptors (Lipinski definition) is 7. The van der Waals surface area contributed by atoms with Gasteiger partial charge in [0.15, 0.2) is 0 Å². The van der Waals surface area contributed by atoms with Crippen molar-refractivity contribution in [3.05, 3.63) is 46.8 Å². The van der Waals surface area contributed by atoms with E-state index in [9.17, 15) is 18.0 Å². The van der Waals surface area contributed by atoms with Crippen molar-refractivity contribution >= 4 is 21.9 Å². The highest BCUT2D eigenvalue weighted by Gasteiger charge is 2.32. The number of piperazine rings is 1. The van der Waals surface area contributed by atoms with Gasteiger partial charge in [-0.1, -0.05) is 0 Å². The van der Waals surface area contributed by atoms with Crippen molar-refractivity contribution in [3.63, 3.8) is 0 Å². The van der Waals surface area contributed by atoms with E-state index in [0.717, 1.165) is 0 Å². The van der Waals surface area contributed by atoms with Crippen LogP contribution in [-0.2, 0) is 19.5 Å². The monoisotopic (exact) mass is 479 g/mol. The Kier molecular flexibility index (Phi) is 7.77. The van der Waals surface area contributed by atoms with E-state index in [0.29, 0.717) is 28.3 Å². The van der Waals surface area contributed by atoms with Crippen LogP contribution in [0.2, 0.25) is 0 Å². The number of H-pyrrole nitrogens is 1. The molecule has 0 unspecified atom stereocenters. The van der Waals surface area contributed by atoms with Gasteiger partial charge in [-0.2, -0.15) is 4.31 Å². The summed E-state index contributed by atoms with van der Waals surface area (Å²) in [6.45, 7) is 4.61. The van der Waals surface area contributed by atoms with Crippen molar-refractivity contribution in [3.8, 4) is 5.75 Å². The molecule has 10 nitrogen and oxygen atoms in total. The van der Waals surface area contributed by atoms with Crippen LogP contribution in [0.3, 0.4) is 0 Å². The molecular formula is C22H29N3O7S. The predicted molar refractivity (Wildman–Crippen MR) is 120 cm³/mol. The lowest BCUT2D eigenvalue weighted by molar-refractivity contribution is 0.0386. The molecule has 0 spiro atoms. The number of aryl methyl sites for hydroxylation is 1. The SMILES string of the molecule is COCCOC(=O)c1c(C)[nH]c(C(=O)N2CCN(S(=O)(=O)c3ccc(OC)cc3)CC2)c1C. The van der Waals surface area contributed by atoms with Gasteiger partial charge in [0.1, 0.15) is 18.1 Å². The molecule has 0 radical (unpaired) electrons. The average molecular weight is 480 g/mol. The summed E-state index contributed by atoms with van der Waals surface area (Å²) in [6, 6.07) is 6.20. The molecule has 1 fully saturated rings. The number of methoxy groups -OCH3 is 2. The summed E-state index contributed by atoms with van der Waals surface area (Å²) in [6.07, 6.45) is 0. The summed E-state index contributed by atoms with van der Waals surface area (Å²) in [7, 11) is -0.646. The number of esters is 1. The predicted octanol–water partition coefficient (Wildman–Crippen LogP) is 1.59. The molecular weight excluding hydrogens is 450 g/mol. The Labute approximate surface area is 193 Å². The quantitative estimate of drug-likeness (QED) is 0.451. The third-order valence-electron chi connectivity index (χ3n) is 5.60. The van der Waals surface area contributed by atoms with Crippen LogP contribution in [0.5, 0.6) is 5.75 Å². The number of nitrogens with one attached hydrogen (secondary N) is 1. The summed E-state index contributed by atoms with van der Waals surface area (Å²) in [5.74, 6) is -0.233. The Hall–Kier alpha value is -2.89. The van der Waals surface area contributed by atoms with Gasteiger partial charge in [0.2, 0.25) is 10.0 Å². The number of benzene rings is 1. The lowest BCUT2D eigenvalue weighted by Gasteiger charge is -2.34. The number of sulfonamides is 1. The average Bonchev–Trinajstić information content (AvgIpc) is 3.12. The molecule has 33 heavy (non-hydrogen) atoms. The summed E-state index contributed by atoms with van der Waals surface area (Å²) >= 11 is 0. The van der Waals surface area contributed by atoms with Gasteiger partial charge in [-0.15, -0.1) is 0 Å². The van der Waals surface area contributed by atoms with E-state index >= 15 is 0 Å². The molecule has 3 rings (SSSR count). The van der Waals surface area contributed by atoms with Gasteiger partial charge in [0, 0.05) is 39.0 Å². The second-order valence-electron chi connectivity index (χ2n) is 7.63. The molecule has 1 aliphatic rings. The van der Waals surface area contributed by atoms with Crippen LogP contribution in [0.25, 0.3) is 0 Å². The van der Waals surface area contributed by atoms with Crippen LogP contribution in [0.1, 0.15) is 32.1 Å². The summed E-state index contributed by atoms with van der Waals surface area (Å²) < 4.78 is 42.4. The molecule has 0 aliphatic carbocycles. The third-order valence-corrected chi connectivity index (χ3v) is 7.51. The zero-order chi connectivity index (χ0) is 24.2. The van der Waals surface area contributed by atoms with E-state index in [4.69, 9.17) is 14.2 Å². The molecule has 1 saturated heterocycles. The second-order valence-corrected chi connectivity index (χ2v) is 9.56. The first-order chi connectivity index (χ1) is 15.7. The molecule has 1 N–H and O–H groups in total. The normalized spacial score (nSPS) is 14.8. The van der Waals surface area contributed by atoms with Crippen LogP contribution in [0.15, 0.2) is 29.2 Å².